The second-order valence-corrected chi connectivity index (χ2v) is 6.07. The molecule has 0 bridgehead atoms. The first-order chi connectivity index (χ1) is 10.1. The number of rotatable bonds is 5. The van der Waals surface area contributed by atoms with Crippen LogP contribution in [-0.2, 0) is 0 Å². The minimum absolute atomic E-state index is 0.0430. The van der Waals surface area contributed by atoms with Gasteiger partial charge >= 0.3 is 0 Å². The Hall–Kier alpha value is -1.26. The van der Waals surface area contributed by atoms with Crippen molar-refractivity contribution in [2.75, 3.05) is 27.3 Å². The summed E-state index contributed by atoms with van der Waals surface area (Å²) >= 11 is 0. The van der Waals surface area contributed by atoms with Crippen molar-refractivity contribution in [1.29, 1.82) is 0 Å². The highest BCUT2D eigenvalue weighted by atomic mass is 16.5. The molecule has 1 aliphatic rings. The summed E-state index contributed by atoms with van der Waals surface area (Å²) in [6.07, 6.45) is 2.58. The number of likely N-dealkylation sites (tertiary alicyclic amines) is 1. The van der Waals surface area contributed by atoms with Gasteiger partial charge < -0.3 is 15.2 Å². The molecule has 0 amide bonds. The normalized spacial score (nSPS) is 24.6. The van der Waals surface area contributed by atoms with Crippen LogP contribution in [0.15, 0.2) is 18.2 Å². The highest BCUT2D eigenvalue weighted by Crippen LogP contribution is 2.30. The Bertz CT molecular complexity index is 464. The molecular weight excluding hydrogens is 264 g/mol. The average molecular weight is 292 g/mol. The van der Waals surface area contributed by atoms with E-state index in [0.717, 1.165) is 36.1 Å². The van der Waals surface area contributed by atoms with Gasteiger partial charge in [0, 0.05) is 30.3 Å². The van der Waals surface area contributed by atoms with Crippen molar-refractivity contribution in [2.45, 2.75) is 38.8 Å². The van der Waals surface area contributed by atoms with Crippen LogP contribution in [0, 0.1) is 5.92 Å². The van der Waals surface area contributed by atoms with E-state index in [0.29, 0.717) is 6.04 Å². The molecule has 0 aliphatic carbocycles. The highest BCUT2D eigenvalue weighted by molar-refractivity contribution is 5.42. The van der Waals surface area contributed by atoms with E-state index in [4.69, 9.17) is 15.2 Å². The number of methoxy groups -OCH3 is 2. The predicted octanol–water partition coefficient (Wildman–Crippen LogP) is 2.82. The molecular formula is C17H28N2O2. The van der Waals surface area contributed by atoms with Crippen molar-refractivity contribution in [3.05, 3.63) is 23.8 Å². The van der Waals surface area contributed by atoms with Gasteiger partial charge in [-0.25, -0.2) is 0 Å². The third kappa shape index (κ3) is 3.69. The van der Waals surface area contributed by atoms with Gasteiger partial charge in [0.25, 0.3) is 0 Å². The second kappa shape index (κ2) is 7.14. The maximum absolute atomic E-state index is 6.44. The quantitative estimate of drug-likeness (QED) is 0.906. The van der Waals surface area contributed by atoms with E-state index < -0.39 is 0 Å². The van der Waals surface area contributed by atoms with E-state index >= 15 is 0 Å². The van der Waals surface area contributed by atoms with Gasteiger partial charge in [-0.05, 0) is 38.3 Å². The number of ether oxygens (including phenoxy) is 2. The van der Waals surface area contributed by atoms with Gasteiger partial charge in [0.1, 0.15) is 11.5 Å². The zero-order valence-corrected chi connectivity index (χ0v) is 13.6. The molecule has 0 radical (unpaired) electrons. The Labute approximate surface area is 128 Å². The van der Waals surface area contributed by atoms with Crippen molar-refractivity contribution in [3.63, 3.8) is 0 Å². The Balaban J connectivity index is 2.10. The Kier molecular flexibility index (Phi) is 5.48. The van der Waals surface area contributed by atoms with Crippen LogP contribution in [-0.4, -0.2) is 38.3 Å². The summed E-state index contributed by atoms with van der Waals surface area (Å²) in [6.45, 7) is 6.64. The van der Waals surface area contributed by atoms with Crippen LogP contribution >= 0.6 is 0 Å². The number of hydrogen-bond acceptors (Lipinski definition) is 4. The van der Waals surface area contributed by atoms with Crippen molar-refractivity contribution in [3.8, 4) is 11.5 Å². The van der Waals surface area contributed by atoms with Crippen molar-refractivity contribution in [2.24, 2.45) is 11.7 Å². The molecule has 3 atom stereocenters. The highest BCUT2D eigenvalue weighted by Gasteiger charge is 2.26. The van der Waals surface area contributed by atoms with Gasteiger partial charge in [-0.15, -0.1) is 0 Å². The third-order valence-electron chi connectivity index (χ3n) is 4.78. The van der Waals surface area contributed by atoms with E-state index in [1.54, 1.807) is 14.2 Å². The summed E-state index contributed by atoms with van der Waals surface area (Å²) in [7, 11) is 3.34. The minimum atomic E-state index is -0.0430. The molecule has 0 saturated carbocycles. The van der Waals surface area contributed by atoms with E-state index in [9.17, 15) is 0 Å². The molecule has 1 fully saturated rings. The van der Waals surface area contributed by atoms with Crippen LogP contribution in [0.2, 0.25) is 0 Å². The molecule has 4 heteroatoms. The number of piperidine rings is 1. The number of nitrogens with two attached hydrogens (primary N) is 1. The van der Waals surface area contributed by atoms with Crippen LogP contribution < -0.4 is 15.2 Å². The standard InChI is InChI=1S/C17H28N2O2/c1-12-6-5-9-19(13(12)2)11-16(18)15-8-7-14(20-3)10-17(15)21-4/h7-8,10,12-13,16H,5-6,9,11,18H2,1-4H3. The Morgan fingerprint density at radius 1 is 1.29 bits per heavy atom. The molecule has 21 heavy (non-hydrogen) atoms. The average Bonchev–Trinajstić information content (AvgIpc) is 2.51. The van der Waals surface area contributed by atoms with Gasteiger partial charge in [0.2, 0.25) is 0 Å². The first-order valence-electron chi connectivity index (χ1n) is 7.78. The maximum atomic E-state index is 6.44. The zero-order valence-electron chi connectivity index (χ0n) is 13.6. The first-order valence-corrected chi connectivity index (χ1v) is 7.78. The number of benzene rings is 1. The van der Waals surface area contributed by atoms with Crippen LogP contribution in [0.3, 0.4) is 0 Å². The lowest BCUT2D eigenvalue weighted by atomic mass is 9.91. The molecule has 118 valence electrons. The lowest BCUT2D eigenvalue weighted by Crippen LogP contribution is -2.45. The monoisotopic (exact) mass is 292 g/mol. The summed E-state index contributed by atoms with van der Waals surface area (Å²) in [5.41, 5.74) is 7.48. The molecule has 1 aromatic carbocycles. The van der Waals surface area contributed by atoms with E-state index in [1.165, 1.54) is 12.8 Å². The summed E-state index contributed by atoms with van der Waals surface area (Å²) in [5.74, 6) is 2.34. The van der Waals surface area contributed by atoms with Gasteiger partial charge in [-0.1, -0.05) is 13.0 Å². The van der Waals surface area contributed by atoms with Crippen LogP contribution in [0.1, 0.15) is 38.3 Å². The van der Waals surface area contributed by atoms with Crippen LogP contribution in [0.25, 0.3) is 0 Å². The fraction of sp³-hybridized carbons (Fsp3) is 0.647. The molecule has 1 aliphatic heterocycles. The van der Waals surface area contributed by atoms with E-state index in [1.807, 2.05) is 18.2 Å². The van der Waals surface area contributed by atoms with Crippen molar-refractivity contribution < 1.29 is 9.47 Å². The van der Waals surface area contributed by atoms with Crippen molar-refractivity contribution >= 4 is 0 Å². The number of nitrogens with zero attached hydrogens (tertiary/aromatic N) is 1. The summed E-state index contributed by atoms with van der Waals surface area (Å²) in [4.78, 5) is 2.50. The smallest absolute Gasteiger partial charge is 0.127 e. The topological polar surface area (TPSA) is 47.7 Å². The second-order valence-electron chi connectivity index (χ2n) is 6.07. The minimum Gasteiger partial charge on any atom is -0.497 e. The lowest BCUT2D eigenvalue weighted by molar-refractivity contribution is 0.107. The number of hydrogen-bond donors (Lipinski definition) is 1. The Morgan fingerprint density at radius 2 is 2.05 bits per heavy atom. The predicted molar refractivity (Wildman–Crippen MR) is 85.9 cm³/mol. The molecule has 4 nitrogen and oxygen atoms in total. The Morgan fingerprint density at radius 3 is 2.71 bits per heavy atom. The third-order valence-corrected chi connectivity index (χ3v) is 4.78. The molecule has 1 heterocycles. The molecule has 0 spiro atoms. The fourth-order valence-corrected chi connectivity index (χ4v) is 3.15. The van der Waals surface area contributed by atoms with Crippen LogP contribution in [0.5, 0.6) is 11.5 Å². The van der Waals surface area contributed by atoms with E-state index in [2.05, 4.69) is 18.7 Å². The molecule has 2 N–H and O–H groups in total. The fourth-order valence-electron chi connectivity index (χ4n) is 3.15. The molecule has 1 saturated heterocycles. The summed E-state index contributed by atoms with van der Waals surface area (Å²) < 4.78 is 10.7. The summed E-state index contributed by atoms with van der Waals surface area (Å²) in [6, 6.07) is 6.41. The van der Waals surface area contributed by atoms with Gasteiger partial charge in [-0.2, -0.15) is 0 Å². The van der Waals surface area contributed by atoms with Gasteiger partial charge in [0.05, 0.1) is 14.2 Å². The van der Waals surface area contributed by atoms with Gasteiger partial charge in [0.15, 0.2) is 0 Å². The summed E-state index contributed by atoms with van der Waals surface area (Å²) in [5, 5.41) is 0. The van der Waals surface area contributed by atoms with Gasteiger partial charge in [-0.3, -0.25) is 4.90 Å². The van der Waals surface area contributed by atoms with Crippen molar-refractivity contribution in [1.82, 2.24) is 4.90 Å². The SMILES string of the molecule is COc1ccc(C(N)CN2CCCC(C)C2C)c(OC)c1. The first kappa shape index (κ1) is 16.1. The molecule has 2 rings (SSSR count). The lowest BCUT2D eigenvalue weighted by Gasteiger charge is -2.39. The molecule has 0 aromatic heterocycles. The zero-order chi connectivity index (χ0) is 15.4. The molecule has 1 aromatic rings. The maximum Gasteiger partial charge on any atom is 0.127 e. The largest absolute Gasteiger partial charge is 0.497 e. The van der Waals surface area contributed by atoms with E-state index in [-0.39, 0.29) is 6.04 Å². The molecule has 3 unspecified atom stereocenters. The van der Waals surface area contributed by atoms with Crippen LogP contribution in [0.4, 0.5) is 0 Å².